The lowest BCUT2D eigenvalue weighted by atomic mass is 9.94. The molecule has 2 atom stereocenters. The van der Waals surface area contributed by atoms with Gasteiger partial charge in [0.25, 0.3) is 0 Å². The molecule has 0 bridgehead atoms. The van der Waals surface area contributed by atoms with Crippen LogP contribution in [0.25, 0.3) is 0 Å². The van der Waals surface area contributed by atoms with E-state index in [-0.39, 0.29) is 12.5 Å². The lowest BCUT2D eigenvalue weighted by molar-refractivity contribution is -0.00444. The number of benzene rings is 1. The molecule has 2 aromatic rings. The Morgan fingerprint density at radius 1 is 1.33 bits per heavy atom. The standard InChI is InChI=1S/C18H25N3O3/c1-24-18-4-3-14(9-16(18)11-21-7-2-6-19-21)10-20-8-5-15(13-22)17(23)12-20/h2-4,6-7,9,15,17,22-23H,5,8,10-13H2,1H3/t15-,17-/m0/s1. The van der Waals surface area contributed by atoms with E-state index in [0.29, 0.717) is 13.1 Å². The summed E-state index contributed by atoms with van der Waals surface area (Å²) in [5.74, 6) is 0.862. The van der Waals surface area contributed by atoms with Crippen molar-refractivity contribution in [3.63, 3.8) is 0 Å². The first-order chi connectivity index (χ1) is 11.7. The van der Waals surface area contributed by atoms with E-state index in [0.717, 1.165) is 30.8 Å². The van der Waals surface area contributed by atoms with Crippen LogP contribution in [0.15, 0.2) is 36.7 Å². The van der Waals surface area contributed by atoms with Gasteiger partial charge in [-0.2, -0.15) is 5.10 Å². The van der Waals surface area contributed by atoms with Crippen LogP contribution in [0.1, 0.15) is 17.5 Å². The van der Waals surface area contributed by atoms with E-state index in [2.05, 4.69) is 22.1 Å². The molecule has 130 valence electrons. The molecule has 24 heavy (non-hydrogen) atoms. The number of methoxy groups -OCH3 is 1. The van der Waals surface area contributed by atoms with Crippen molar-refractivity contribution in [3.8, 4) is 5.75 Å². The van der Waals surface area contributed by atoms with Gasteiger partial charge in [-0.15, -0.1) is 0 Å². The van der Waals surface area contributed by atoms with Gasteiger partial charge in [0.1, 0.15) is 5.75 Å². The zero-order valence-electron chi connectivity index (χ0n) is 14.0. The maximum atomic E-state index is 10.1. The van der Waals surface area contributed by atoms with E-state index >= 15 is 0 Å². The second-order valence-corrected chi connectivity index (χ2v) is 6.38. The van der Waals surface area contributed by atoms with E-state index in [9.17, 15) is 10.2 Å². The molecular weight excluding hydrogens is 306 g/mol. The molecule has 1 fully saturated rings. The number of likely N-dealkylation sites (tertiary alicyclic amines) is 1. The first-order valence-corrected chi connectivity index (χ1v) is 8.34. The summed E-state index contributed by atoms with van der Waals surface area (Å²) >= 11 is 0. The highest BCUT2D eigenvalue weighted by Gasteiger charge is 2.27. The second-order valence-electron chi connectivity index (χ2n) is 6.38. The Morgan fingerprint density at radius 2 is 2.21 bits per heavy atom. The van der Waals surface area contributed by atoms with Crippen molar-refractivity contribution in [2.75, 3.05) is 26.8 Å². The second kappa shape index (κ2) is 7.79. The van der Waals surface area contributed by atoms with E-state index in [1.54, 1.807) is 13.3 Å². The Morgan fingerprint density at radius 3 is 2.88 bits per heavy atom. The molecule has 3 rings (SSSR count). The van der Waals surface area contributed by atoms with Crippen LogP contribution in [0.4, 0.5) is 0 Å². The summed E-state index contributed by atoms with van der Waals surface area (Å²) in [7, 11) is 1.68. The smallest absolute Gasteiger partial charge is 0.123 e. The van der Waals surface area contributed by atoms with Crippen LogP contribution >= 0.6 is 0 Å². The summed E-state index contributed by atoms with van der Waals surface area (Å²) in [4.78, 5) is 2.23. The van der Waals surface area contributed by atoms with Gasteiger partial charge in [-0.05, 0) is 36.7 Å². The lowest BCUT2D eigenvalue weighted by Crippen LogP contribution is -2.44. The van der Waals surface area contributed by atoms with Crippen LogP contribution in [0.2, 0.25) is 0 Å². The number of ether oxygens (including phenoxy) is 1. The minimum Gasteiger partial charge on any atom is -0.496 e. The van der Waals surface area contributed by atoms with Crippen LogP contribution in [0.3, 0.4) is 0 Å². The molecule has 2 heterocycles. The van der Waals surface area contributed by atoms with E-state index in [4.69, 9.17) is 4.74 Å². The van der Waals surface area contributed by atoms with E-state index < -0.39 is 6.10 Å². The van der Waals surface area contributed by atoms with Gasteiger partial charge in [0.15, 0.2) is 0 Å². The number of nitrogens with zero attached hydrogens (tertiary/aromatic N) is 3. The van der Waals surface area contributed by atoms with Gasteiger partial charge in [-0.25, -0.2) is 0 Å². The molecule has 0 amide bonds. The molecule has 1 aliphatic heterocycles. The molecule has 0 spiro atoms. The Balaban J connectivity index is 1.70. The molecule has 1 aliphatic rings. The zero-order valence-corrected chi connectivity index (χ0v) is 14.0. The van der Waals surface area contributed by atoms with Crippen LogP contribution in [0.5, 0.6) is 5.75 Å². The minimum absolute atomic E-state index is 0.00694. The summed E-state index contributed by atoms with van der Waals surface area (Å²) in [6.45, 7) is 3.00. The molecule has 0 saturated carbocycles. The average molecular weight is 331 g/mol. The Kier molecular flexibility index (Phi) is 5.50. The van der Waals surface area contributed by atoms with Crippen LogP contribution in [0, 0.1) is 5.92 Å². The Hall–Kier alpha value is -1.89. The largest absolute Gasteiger partial charge is 0.496 e. The molecule has 2 N–H and O–H groups in total. The lowest BCUT2D eigenvalue weighted by Gasteiger charge is -2.35. The highest BCUT2D eigenvalue weighted by atomic mass is 16.5. The normalized spacial score (nSPS) is 21.8. The first kappa shape index (κ1) is 17.0. The van der Waals surface area contributed by atoms with E-state index in [1.165, 1.54) is 5.56 Å². The van der Waals surface area contributed by atoms with Gasteiger partial charge in [0.2, 0.25) is 0 Å². The molecule has 0 radical (unpaired) electrons. The highest BCUT2D eigenvalue weighted by Crippen LogP contribution is 2.24. The third-order valence-corrected chi connectivity index (χ3v) is 4.68. The van der Waals surface area contributed by atoms with Gasteiger partial charge in [0, 0.05) is 43.6 Å². The topological polar surface area (TPSA) is 70.8 Å². The minimum atomic E-state index is -0.453. The average Bonchev–Trinajstić information content (AvgIpc) is 3.08. The van der Waals surface area contributed by atoms with Crippen LogP contribution in [-0.4, -0.2) is 57.8 Å². The molecule has 0 unspecified atom stereocenters. The summed E-state index contributed by atoms with van der Waals surface area (Å²) < 4.78 is 7.34. The number of hydrogen-bond acceptors (Lipinski definition) is 5. The number of rotatable bonds is 6. The molecule has 1 aromatic carbocycles. The molecule has 1 saturated heterocycles. The van der Waals surface area contributed by atoms with Crippen molar-refractivity contribution >= 4 is 0 Å². The Bertz CT molecular complexity index is 645. The molecule has 0 aliphatic carbocycles. The van der Waals surface area contributed by atoms with Gasteiger partial charge in [-0.1, -0.05) is 6.07 Å². The zero-order chi connectivity index (χ0) is 16.9. The highest BCUT2D eigenvalue weighted by molar-refractivity contribution is 5.37. The predicted octanol–water partition coefficient (Wildman–Crippen LogP) is 1.12. The van der Waals surface area contributed by atoms with Gasteiger partial charge in [0.05, 0.1) is 19.8 Å². The number of aliphatic hydroxyl groups excluding tert-OH is 2. The van der Waals surface area contributed by atoms with Crippen LogP contribution < -0.4 is 4.74 Å². The number of β-amino-alcohol motifs (C(OH)–C–C–N with tert-alkyl or cyclic N) is 1. The molecule has 6 nitrogen and oxygen atoms in total. The molecule has 1 aromatic heterocycles. The fourth-order valence-electron chi connectivity index (χ4n) is 3.28. The summed E-state index contributed by atoms with van der Waals surface area (Å²) in [5.41, 5.74) is 2.28. The fourth-order valence-corrected chi connectivity index (χ4v) is 3.28. The third kappa shape index (κ3) is 3.95. The van der Waals surface area contributed by atoms with E-state index in [1.807, 2.05) is 23.0 Å². The molecule has 6 heteroatoms. The fraction of sp³-hybridized carbons (Fsp3) is 0.500. The van der Waals surface area contributed by atoms with Crippen LogP contribution in [-0.2, 0) is 13.1 Å². The maximum absolute atomic E-state index is 10.1. The quantitative estimate of drug-likeness (QED) is 0.830. The van der Waals surface area contributed by atoms with Crippen molar-refractivity contribution in [2.45, 2.75) is 25.6 Å². The van der Waals surface area contributed by atoms with Crippen molar-refractivity contribution in [3.05, 3.63) is 47.8 Å². The summed E-state index contributed by atoms with van der Waals surface area (Å²) in [5, 5.41) is 23.6. The maximum Gasteiger partial charge on any atom is 0.123 e. The van der Waals surface area contributed by atoms with Crippen molar-refractivity contribution in [1.82, 2.24) is 14.7 Å². The van der Waals surface area contributed by atoms with Gasteiger partial charge in [-0.3, -0.25) is 9.58 Å². The summed E-state index contributed by atoms with van der Waals surface area (Å²) in [6, 6.07) is 8.11. The number of aromatic nitrogens is 2. The predicted molar refractivity (Wildman–Crippen MR) is 90.8 cm³/mol. The first-order valence-electron chi connectivity index (χ1n) is 8.34. The van der Waals surface area contributed by atoms with Crippen molar-refractivity contribution in [1.29, 1.82) is 0 Å². The summed E-state index contributed by atoms with van der Waals surface area (Å²) in [6.07, 6.45) is 4.07. The molecular formula is C18H25N3O3. The van der Waals surface area contributed by atoms with Gasteiger partial charge < -0.3 is 14.9 Å². The van der Waals surface area contributed by atoms with Crippen molar-refractivity contribution < 1.29 is 14.9 Å². The number of piperidine rings is 1. The van der Waals surface area contributed by atoms with Crippen molar-refractivity contribution in [2.24, 2.45) is 5.92 Å². The Labute approximate surface area is 142 Å². The van der Waals surface area contributed by atoms with Gasteiger partial charge >= 0.3 is 0 Å². The number of aliphatic hydroxyl groups is 2. The number of hydrogen-bond donors (Lipinski definition) is 2. The SMILES string of the molecule is COc1ccc(CN2CC[C@@H](CO)[C@@H](O)C2)cc1Cn1cccn1. The monoisotopic (exact) mass is 331 g/mol. The third-order valence-electron chi connectivity index (χ3n) is 4.68.